The third kappa shape index (κ3) is 4.28. The molecule has 0 fully saturated rings. The summed E-state index contributed by atoms with van der Waals surface area (Å²) in [5.74, 6) is -1.41. The molecule has 7 rings (SSSR count). The van der Waals surface area contributed by atoms with E-state index in [-0.39, 0.29) is 34.8 Å². The van der Waals surface area contributed by atoms with E-state index in [1.165, 1.54) is 17.8 Å². The van der Waals surface area contributed by atoms with Gasteiger partial charge in [-0.2, -0.15) is 4.58 Å². The molecule has 5 aliphatic rings. The number of anilines is 1. The fraction of sp³-hybridized carbons (Fsp3) is 0.424. The van der Waals surface area contributed by atoms with Gasteiger partial charge in [0.25, 0.3) is 0 Å². The van der Waals surface area contributed by atoms with Crippen LogP contribution in [0.1, 0.15) is 57.2 Å². The fourth-order valence-corrected chi connectivity index (χ4v) is 8.50. The van der Waals surface area contributed by atoms with Gasteiger partial charge >= 0.3 is 5.97 Å². The highest BCUT2D eigenvalue weighted by molar-refractivity contribution is 7.85. The highest BCUT2D eigenvalue weighted by Gasteiger charge is 2.54. The van der Waals surface area contributed by atoms with Crippen molar-refractivity contribution in [3.05, 3.63) is 76.0 Å². The Morgan fingerprint density at radius 3 is 2.57 bits per heavy atom. The van der Waals surface area contributed by atoms with Crippen molar-refractivity contribution in [3.63, 3.8) is 0 Å². The zero-order valence-corrected chi connectivity index (χ0v) is 26.0. The lowest BCUT2D eigenvalue weighted by molar-refractivity contribution is -0.445. The third-order valence-electron chi connectivity index (χ3n) is 9.88. The van der Waals surface area contributed by atoms with Crippen molar-refractivity contribution in [2.45, 2.75) is 74.9 Å². The van der Waals surface area contributed by atoms with Gasteiger partial charge in [0, 0.05) is 52.5 Å². The second kappa shape index (κ2) is 9.60. The number of ether oxygens (including phenoxy) is 1. The molecule has 0 aromatic heterocycles. The van der Waals surface area contributed by atoms with Crippen LogP contribution in [-0.4, -0.2) is 72.1 Å². The van der Waals surface area contributed by atoms with E-state index < -0.39 is 28.0 Å². The van der Waals surface area contributed by atoms with Crippen LogP contribution in [0.4, 0.5) is 11.4 Å². The number of carbonyl (C=O) groups excluding carboxylic acids is 1. The zero-order chi connectivity index (χ0) is 31.3. The number of amides is 1. The highest BCUT2D eigenvalue weighted by Crippen LogP contribution is 2.54. The molecule has 0 saturated heterocycles. The van der Waals surface area contributed by atoms with Crippen LogP contribution in [0.15, 0.2) is 64.2 Å². The van der Waals surface area contributed by atoms with Crippen LogP contribution >= 0.6 is 0 Å². The van der Waals surface area contributed by atoms with Crippen LogP contribution < -0.4 is 10.2 Å². The molecule has 2 aromatic rings. The molecule has 0 bridgehead atoms. The molecule has 10 nitrogen and oxygen atoms in total. The Balaban J connectivity index is 1.30. The van der Waals surface area contributed by atoms with Crippen LogP contribution in [0.3, 0.4) is 0 Å². The minimum atomic E-state index is -4.59. The first-order chi connectivity index (χ1) is 20.7. The maximum absolute atomic E-state index is 12.4. The summed E-state index contributed by atoms with van der Waals surface area (Å²) in [6.07, 6.45) is 3.89. The second-order valence-electron chi connectivity index (χ2n) is 13.3. The maximum atomic E-state index is 12.4. The monoisotopic (exact) mass is 617 g/mol. The maximum Gasteiger partial charge on any atom is 0.322 e. The number of aliphatic carboxylic acids is 1. The molecule has 0 saturated carbocycles. The number of hydrogen-bond acceptors (Lipinski definition) is 7. The molecule has 2 aromatic carbocycles. The number of carbonyl (C=O) groups is 2. The predicted octanol–water partition coefficient (Wildman–Crippen LogP) is 3.26. The van der Waals surface area contributed by atoms with E-state index >= 15 is 0 Å². The van der Waals surface area contributed by atoms with E-state index in [9.17, 15) is 22.6 Å². The van der Waals surface area contributed by atoms with Crippen molar-refractivity contribution in [2.75, 3.05) is 24.5 Å². The van der Waals surface area contributed by atoms with Crippen LogP contribution in [-0.2, 0) is 41.7 Å². The fourth-order valence-electron chi connectivity index (χ4n) is 8.01. The summed E-state index contributed by atoms with van der Waals surface area (Å²) in [4.78, 5) is 25.4. The summed E-state index contributed by atoms with van der Waals surface area (Å²) in [6.45, 7) is 9.67. The Labute approximate surface area is 256 Å². The van der Waals surface area contributed by atoms with Crippen molar-refractivity contribution in [1.82, 2.24) is 5.32 Å². The van der Waals surface area contributed by atoms with E-state index in [0.29, 0.717) is 0 Å². The van der Waals surface area contributed by atoms with E-state index in [1.807, 2.05) is 6.07 Å². The molecule has 0 aliphatic carbocycles. The minimum Gasteiger partial charge on any atom is -0.744 e. The summed E-state index contributed by atoms with van der Waals surface area (Å²) in [7, 11) is -4.59. The van der Waals surface area contributed by atoms with Crippen molar-refractivity contribution >= 4 is 39.1 Å². The molecule has 2 N–H and O–H groups in total. The molecule has 2 unspecified atom stereocenters. The highest BCUT2D eigenvalue weighted by atomic mass is 32.2. The van der Waals surface area contributed by atoms with Gasteiger partial charge in [0.05, 0.1) is 28.9 Å². The number of hydrogen-bond donors (Lipinski definition) is 2. The summed E-state index contributed by atoms with van der Waals surface area (Å²) in [5.41, 5.74) is 8.34. The molecule has 230 valence electrons. The van der Waals surface area contributed by atoms with Gasteiger partial charge in [-0.3, -0.25) is 9.59 Å². The topological polar surface area (TPSA) is 139 Å². The van der Waals surface area contributed by atoms with E-state index in [0.717, 1.165) is 70.9 Å². The van der Waals surface area contributed by atoms with Gasteiger partial charge in [-0.15, -0.1) is 0 Å². The number of carboxylic acids is 1. The number of fused-ring (bicyclic) bond motifs is 8. The van der Waals surface area contributed by atoms with Gasteiger partial charge in [0.15, 0.2) is 12.3 Å². The normalized spacial score (nSPS) is 24.0. The lowest BCUT2D eigenvalue weighted by Crippen LogP contribution is -2.47. The Morgan fingerprint density at radius 2 is 1.84 bits per heavy atom. The molecule has 2 atom stereocenters. The van der Waals surface area contributed by atoms with Gasteiger partial charge in [-0.05, 0) is 55.7 Å². The average molecular weight is 618 g/mol. The summed E-state index contributed by atoms with van der Waals surface area (Å²) >= 11 is 0. The number of benzene rings is 2. The molecule has 5 aliphatic heterocycles. The quantitative estimate of drug-likeness (QED) is 0.385. The first kappa shape index (κ1) is 28.9. The molecular formula is C33H35N3O7S. The van der Waals surface area contributed by atoms with Gasteiger partial charge in [0.1, 0.15) is 16.7 Å². The second-order valence-corrected chi connectivity index (χ2v) is 14.7. The summed E-state index contributed by atoms with van der Waals surface area (Å²) in [6, 6.07) is 10.7. The lowest BCUT2D eigenvalue weighted by Gasteiger charge is -2.42. The molecule has 0 spiro atoms. The first-order valence-corrected chi connectivity index (χ1v) is 16.4. The lowest BCUT2D eigenvalue weighted by atomic mass is 9.74. The summed E-state index contributed by atoms with van der Waals surface area (Å²) < 4.78 is 44.7. The van der Waals surface area contributed by atoms with Crippen molar-refractivity contribution < 1.29 is 37.0 Å². The standard InChI is InChI=1S/C33H35N3O7S/c1-32(2)22-13-18(14-28(37)34-17-29(38)39)5-7-24(22)35-11-9-26-20(30(32)35)16-21-27(43-26)10-12-36-25-8-6-19(44(40,41)42)15-23(25)33(3,4)31(21)36/h5-8,13,15-16,26-27H,9-12,14,17H2,1-4H3,(H2-,34,37,38,39,40,41,42). The van der Waals surface area contributed by atoms with Gasteiger partial charge in [-0.25, -0.2) is 8.42 Å². The van der Waals surface area contributed by atoms with Crippen LogP contribution in [0.5, 0.6) is 0 Å². The van der Waals surface area contributed by atoms with E-state index in [2.05, 4.69) is 60.7 Å². The van der Waals surface area contributed by atoms with Gasteiger partial charge < -0.3 is 24.6 Å². The van der Waals surface area contributed by atoms with Gasteiger partial charge in [0.2, 0.25) is 11.6 Å². The van der Waals surface area contributed by atoms with Crippen molar-refractivity contribution in [3.8, 4) is 0 Å². The zero-order valence-electron chi connectivity index (χ0n) is 25.1. The van der Waals surface area contributed by atoms with Crippen molar-refractivity contribution in [1.29, 1.82) is 0 Å². The number of nitrogens with zero attached hydrogens (tertiary/aromatic N) is 2. The Kier molecular flexibility index (Phi) is 6.31. The molecule has 1 amide bonds. The first-order valence-electron chi connectivity index (χ1n) is 14.9. The predicted molar refractivity (Wildman–Crippen MR) is 161 cm³/mol. The average Bonchev–Trinajstić information content (AvgIpc) is 3.33. The van der Waals surface area contributed by atoms with Gasteiger partial charge in [-0.1, -0.05) is 26.0 Å². The van der Waals surface area contributed by atoms with Crippen LogP contribution in [0, 0.1) is 0 Å². The SMILES string of the molecule is CC1(C)C2=C3C=C4C5=[N+](CCC4OC3CCN2c2ccc(CC(=O)NCC(=O)O)cc21)c1ccc(S(=O)(=O)[O-])cc1C5(C)C. The molecule has 5 heterocycles. The molecule has 44 heavy (non-hydrogen) atoms. The number of allylic oxidation sites excluding steroid dienone is 1. The Bertz CT molecular complexity index is 1870. The third-order valence-corrected chi connectivity index (χ3v) is 10.7. The number of nitrogens with one attached hydrogen (secondary N) is 1. The molecular weight excluding hydrogens is 582 g/mol. The van der Waals surface area contributed by atoms with Crippen LogP contribution in [0.2, 0.25) is 0 Å². The smallest absolute Gasteiger partial charge is 0.322 e. The number of carboxylic acid groups (broad SMARTS) is 1. The Morgan fingerprint density at radius 1 is 1.07 bits per heavy atom. The molecule has 11 heteroatoms. The minimum absolute atomic E-state index is 0.0545. The largest absolute Gasteiger partial charge is 0.744 e. The van der Waals surface area contributed by atoms with E-state index in [1.54, 1.807) is 6.07 Å². The Hall–Kier alpha value is -3.80. The number of rotatable bonds is 5. The molecule has 0 radical (unpaired) electrons. The van der Waals surface area contributed by atoms with Crippen LogP contribution in [0.25, 0.3) is 0 Å². The van der Waals surface area contributed by atoms with E-state index in [4.69, 9.17) is 9.84 Å². The summed E-state index contributed by atoms with van der Waals surface area (Å²) in [5, 5.41) is 11.3. The van der Waals surface area contributed by atoms with Crippen molar-refractivity contribution in [2.24, 2.45) is 0 Å².